The Labute approximate surface area is 136 Å². The molecule has 6 heteroatoms. The number of hydrogen-bond donors (Lipinski definition) is 3. The Morgan fingerprint density at radius 1 is 1.35 bits per heavy atom. The van der Waals surface area contributed by atoms with Gasteiger partial charge < -0.3 is 15.7 Å². The highest BCUT2D eigenvalue weighted by atomic mass is 19.1. The van der Waals surface area contributed by atoms with Crippen molar-refractivity contribution >= 4 is 17.5 Å². The summed E-state index contributed by atoms with van der Waals surface area (Å²) in [6.45, 7) is 7.17. The number of hydrogen-bond acceptors (Lipinski definition) is 3. The zero-order valence-corrected chi connectivity index (χ0v) is 14.1. The van der Waals surface area contributed by atoms with Crippen molar-refractivity contribution in [3.05, 3.63) is 29.6 Å². The third kappa shape index (κ3) is 6.78. The summed E-state index contributed by atoms with van der Waals surface area (Å²) in [5.41, 5.74) is -0.827. The van der Waals surface area contributed by atoms with Crippen LogP contribution >= 0.6 is 0 Å². The third-order valence-corrected chi connectivity index (χ3v) is 3.43. The zero-order chi connectivity index (χ0) is 17.6. The number of benzene rings is 1. The van der Waals surface area contributed by atoms with Crippen LogP contribution in [0.5, 0.6) is 0 Å². The van der Waals surface area contributed by atoms with Crippen molar-refractivity contribution in [1.29, 1.82) is 0 Å². The number of amides is 2. The second-order valence-corrected chi connectivity index (χ2v) is 6.49. The van der Waals surface area contributed by atoms with Gasteiger partial charge >= 0.3 is 0 Å². The van der Waals surface area contributed by atoms with Crippen molar-refractivity contribution in [3.63, 3.8) is 0 Å². The first-order chi connectivity index (χ1) is 10.6. The predicted octanol–water partition coefficient (Wildman–Crippen LogP) is 2.70. The first kappa shape index (κ1) is 19.1. The molecule has 0 bridgehead atoms. The molecule has 0 aliphatic heterocycles. The predicted molar refractivity (Wildman–Crippen MR) is 87.7 cm³/mol. The summed E-state index contributed by atoms with van der Waals surface area (Å²) < 4.78 is 13.6. The van der Waals surface area contributed by atoms with Crippen LogP contribution in [0, 0.1) is 11.7 Å². The van der Waals surface area contributed by atoms with Crippen LogP contribution in [0.25, 0.3) is 0 Å². The molecule has 1 rings (SSSR count). The topological polar surface area (TPSA) is 78.4 Å². The lowest BCUT2D eigenvalue weighted by Gasteiger charge is -2.24. The molecule has 3 N–H and O–H groups in total. The van der Waals surface area contributed by atoms with Crippen molar-refractivity contribution in [2.45, 2.75) is 46.1 Å². The van der Waals surface area contributed by atoms with Crippen molar-refractivity contribution in [3.8, 4) is 0 Å². The number of rotatable bonds is 7. The molecule has 128 valence electrons. The minimum Gasteiger partial charge on any atom is -0.388 e. The Hall–Kier alpha value is -1.95. The molecule has 1 aromatic rings. The van der Waals surface area contributed by atoms with Crippen LogP contribution in [0.4, 0.5) is 10.1 Å². The zero-order valence-electron chi connectivity index (χ0n) is 14.1. The van der Waals surface area contributed by atoms with Crippen LogP contribution in [0.2, 0.25) is 0 Å². The van der Waals surface area contributed by atoms with Crippen molar-refractivity contribution < 1.29 is 19.1 Å². The summed E-state index contributed by atoms with van der Waals surface area (Å²) in [7, 11) is 0. The lowest BCUT2D eigenvalue weighted by Crippen LogP contribution is -2.40. The lowest BCUT2D eigenvalue weighted by molar-refractivity contribution is -0.114. The van der Waals surface area contributed by atoms with E-state index in [0.29, 0.717) is 12.3 Å². The van der Waals surface area contributed by atoms with Gasteiger partial charge in [0.1, 0.15) is 5.82 Å². The van der Waals surface area contributed by atoms with Gasteiger partial charge in [-0.1, -0.05) is 13.8 Å². The highest BCUT2D eigenvalue weighted by Crippen LogP contribution is 2.18. The molecular formula is C17H25FN2O3. The fourth-order valence-corrected chi connectivity index (χ4v) is 2.01. The van der Waals surface area contributed by atoms with Gasteiger partial charge in [-0.25, -0.2) is 4.39 Å². The summed E-state index contributed by atoms with van der Waals surface area (Å²) in [6, 6.07) is 3.73. The molecule has 1 unspecified atom stereocenters. The van der Waals surface area contributed by atoms with E-state index < -0.39 is 23.2 Å². The summed E-state index contributed by atoms with van der Waals surface area (Å²) >= 11 is 0. The second-order valence-electron chi connectivity index (χ2n) is 6.49. The molecule has 0 spiro atoms. The summed E-state index contributed by atoms with van der Waals surface area (Å²) in [6.07, 6.45) is 1.43. The number of carbonyl (C=O) groups excluding carboxylic acids is 2. The average Bonchev–Trinajstić information content (AvgIpc) is 2.45. The van der Waals surface area contributed by atoms with Crippen LogP contribution in [0.15, 0.2) is 18.2 Å². The second kappa shape index (κ2) is 8.06. The van der Waals surface area contributed by atoms with Crippen molar-refractivity contribution in [2.75, 3.05) is 11.9 Å². The molecule has 0 saturated heterocycles. The summed E-state index contributed by atoms with van der Waals surface area (Å²) in [5, 5.41) is 15.2. The van der Waals surface area contributed by atoms with E-state index in [0.717, 1.165) is 12.5 Å². The molecule has 23 heavy (non-hydrogen) atoms. The molecular weight excluding hydrogens is 299 g/mol. The Balaban J connectivity index is 2.69. The molecule has 0 radical (unpaired) electrons. The Morgan fingerprint density at radius 3 is 2.57 bits per heavy atom. The minimum atomic E-state index is -1.000. The van der Waals surface area contributed by atoms with E-state index in [1.165, 1.54) is 19.1 Å². The summed E-state index contributed by atoms with van der Waals surface area (Å²) in [5.74, 6) is -0.991. The molecule has 0 heterocycles. The number of halogens is 1. The highest BCUT2D eigenvalue weighted by Gasteiger charge is 2.22. The molecule has 0 saturated carbocycles. The molecule has 0 aliphatic carbocycles. The van der Waals surface area contributed by atoms with E-state index in [1.807, 2.05) is 0 Å². The maximum absolute atomic E-state index is 13.6. The van der Waals surface area contributed by atoms with E-state index in [2.05, 4.69) is 24.5 Å². The number of anilines is 1. The highest BCUT2D eigenvalue weighted by molar-refractivity contribution is 5.96. The molecule has 0 aromatic heterocycles. The van der Waals surface area contributed by atoms with Gasteiger partial charge in [0.15, 0.2) is 0 Å². The van der Waals surface area contributed by atoms with Crippen molar-refractivity contribution in [2.24, 2.45) is 5.92 Å². The molecule has 0 fully saturated rings. The van der Waals surface area contributed by atoms with Crippen LogP contribution < -0.4 is 10.6 Å². The van der Waals surface area contributed by atoms with Gasteiger partial charge in [-0.15, -0.1) is 0 Å². The van der Waals surface area contributed by atoms with Gasteiger partial charge in [-0.3, -0.25) is 9.59 Å². The largest absolute Gasteiger partial charge is 0.388 e. The van der Waals surface area contributed by atoms with E-state index >= 15 is 0 Å². The molecule has 1 aromatic carbocycles. The van der Waals surface area contributed by atoms with Gasteiger partial charge in [-0.05, 0) is 43.9 Å². The van der Waals surface area contributed by atoms with E-state index in [4.69, 9.17) is 0 Å². The average molecular weight is 324 g/mol. The van der Waals surface area contributed by atoms with E-state index in [9.17, 15) is 19.1 Å². The maximum atomic E-state index is 13.6. The van der Waals surface area contributed by atoms with Crippen molar-refractivity contribution in [1.82, 2.24) is 5.32 Å². The van der Waals surface area contributed by atoms with Crippen LogP contribution in [-0.2, 0) is 4.79 Å². The van der Waals surface area contributed by atoms with Crippen LogP contribution in [0.1, 0.15) is 50.9 Å². The molecule has 1 atom stereocenters. The SMILES string of the molecule is CC(=O)Nc1cc(C(=O)NCC(C)(O)CCC(C)C)ccc1F. The molecule has 5 nitrogen and oxygen atoms in total. The first-order valence-corrected chi connectivity index (χ1v) is 7.68. The maximum Gasteiger partial charge on any atom is 0.251 e. The van der Waals surface area contributed by atoms with Gasteiger partial charge in [0.05, 0.1) is 11.3 Å². The number of aliphatic hydroxyl groups is 1. The smallest absolute Gasteiger partial charge is 0.251 e. The van der Waals surface area contributed by atoms with E-state index in [1.54, 1.807) is 6.92 Å². The van der Waals surface area contributed by atoms with E-state index in [-0.39, 0.29) is 17.8 Å². The fraction of sp³-hybridized carbons (Fsp3) is 0.529. The Kier molecular flexibility index (Phi) is 6.69. The van der Waals surface area contributed by atoms with Gasteiger partial charge in [0.25, 0.3) is 5.91 Å². The van der Waals surface area contributed by atoms with Crippen LogP contribution in [0.3, 0.4) is 0 Å². The fourth-order valence-electron chi connectivity index (χ4n) is 2.01. The van der Waals surface area contributed by atoms with Crippen LogP contribution in [-0.4, -0.2) is 29.1 Å². The van der Waals surface area contributed by atoms with Gasteiger partial charge in [-0.2, -0.15) is 0 Å². The molecule has 2 amide bonds. The minimum absolute atomic E-state index is 0.0447. The summed E-state index contributed by atoms with van der Waals surface area (Å²) in [4.78, 5) is 23.1. The first-order valence-electron chi connectivity index (χ1n) is 7.68. The van der Waals surface area contributed by atoms with Gasteiger partial charge in [0, 0.05) is 19.0 Å². The third-order valence-electron chi connectivity index (χ3n) is 3.43. The Morgan fingerprint density at radius 2 is 2.00 bits per heavy atom. The normalized spacial score (nSPS) is 13.5. The monoisotopic (exact) mass is 324 g/mol. The quantitative estimate of drug-likeness (QED) is 0.721. The standard InChI is InChI=1S/C17H25FN2O3/c1-11(2)7-8-17(4,23)10-19-16(22)13-5-6-14(18)15(9-13)20-12(3)21/h5-6,9,11,23H,7-8,10H2,1-4H3,(H,19,22)(H,20,21). The molecule has 0 aliphatic rings. The Bertz CT molecular complexity index is 571. The lowest BCUT2D eigenvalue weighted by atomic mass is 9.95. The number of carbonyl (C=O) groups is 2. The number of nitrogens with one attached hydrogen (secondary N) is 2. The van der Waals surface area contributed by atoms with Gasteiger partial charge in [0.2, 0.25) is 5.91 Å².